The summed E-state index contributed by atoms with van der Waals surface area (Å²) >= 11 is 1.88. The molecule has 2 fully saturated rings. The predicted octanol–water partition coefficient (Wildman–Crippen LogP) is 2.79. The molecule has 2 aliphatic rings. The van der Waals surface area contributed by atoms with E-state index >= 15 is 0 Å². The van der Waals surface area contributed by atoms with E-state index in [9.17, 15) is 14.4 Å². The van der Waals surface area contributed by atoms with Gasteiger partial charge in [0.15, 0.2) is 0 Å². The smallest absolute Gasteiger partial charge is 0.229 e. The van der Waals surface area contributed by atoms with Crippen LogP contribution in [0.15, 0.2) is 54.6 Å². The Balaban J connectivity index is 1.28. The zero-order valence-electron chi connectivity index (χ0n) is 17.5. The number of carbonyl (C=O) groups is 3. The molecule has 0 aromatic heterocycles. The number of thioether (sulfide) groups is 1. The number of amides is 3. The molecule has 1 N–H and O–H groups in total. The first-order valence-electron chi connectivity index (χ1n) is 10.7. The van der Waals surface area contributed by atoms with Crippen LogP contribution in [0.1, 0.15) is 17.5 Å². The second kappa shape index (κ2) is 10.0. The summed E-state index contributed by atoms with van der Waals surface area (Å²) in [5.41, 5.74) is 2.68. The molecule has 0 saturated carbocycles. The molecule has 6 nitrogen and oxygen atoms in total. The Morgan fingerprint density at radius 2 is 1.68 bits per heavy atom. The number of carbonyl (C=O) groups excluding carboxylic acids is 3. The molecular weight excluding hydrogens is 410 g/mol. The van der Waals surface area contributed by atoms with Crippen LogP contribution in [-0.2, 0) is 27.3 Å². The minimum atomic E-state index is -0.352. The summed E-state index contributed by atoms with van der Waals surface area (Å²) in [5.74, 6) is 1.67. The number of nitrogens with one attached hydrogen (secondary N) is 1. The Labute approximate surface area is 187 Å². The highest BCUT2D eigenvalue weighted by atomic mass is 32.2. The molecule has 0 radical (unpaired) electrons. The largest absolute Gasteiger partial charge is 0.341 e. The highest BCUT2D eigenvalue weighted by molar-refractivity contribution is 7.99. The van der Waals surface area contributed by atoms with E-state index in [2.05, 4.69) is 5.32 Å². The maximum Gasteiger partial charge on any atom is 0.229 e. The van der Waals surface area contributed by atoms with E-state index in [0.29, 0.717) is 25.2 Å². The van der Waals surface area contributed by atoms with Crippen molar-refractivity contribution in [3.8, 4) is 0 Å². The van der Waals surface area contributed by atoms with E-state index in [-0.39, 0.29) is 30.1 Å². The average Bonchev–Trinajstić information content (AvgIpc) is 3.16. The van der Waals surface area contributed by atoms with Gasteiger partial charge in [-0.15, -0.1) is 0 Å². The molecule has 3 amide bonds. The lowest BCUT2D eigenvalue weighted by Crippen LogP contribution is -2.38. The molecule has 2 saturated heterocycles. The van der Waals surface area contributed by atoms with E-state index in [1.165, 1.54) is 0 Å². The van der Waals surface area contributed by atoms with E-state index < -0.39 is 0 Å². The number of nitrogens with zero attached hydrogens (tertiary/aromatic N) is 2. The van der Waals surface area contributed by atoms with Crippen molar-refractivity contribution in [1.29, 1.82) is 0 Å². The Morgan fingerprint density at radius 1 is 0.968 bits per heavy atom. The first-order valence-corrected chi connectivity index (χ1v) is 11.8. The highest BCUT2D eigenvalue weighted by Gasteiger charge is 2.34. The lowest BCUT2D eigenvalue weighted by atomic mass is 10.1. The Kier molecular flexibility index (Phi) is 6.92. The molecule has 4 rings (SSSR count). The molecular formula is C24H27N3O3S. The summed E-state index contributed by atoms with van der Waals surface area (Å²) in [5, 5.41) is 2.92. The molecule has 0 bridgehead atoms. The molecule has 0 aliphatic carbocycles. The second-order valence-electron chi connectivity index (χ2n) is 8.02. The molecule has 2 aromatic carbocycles. The number of benzene rings is 2. The number of hydrogen-bond donors (Lipinski definition) is 1. The summed E-state index contributed by atoms with van der Waals surface area (Å²) in [6.45, 7) is 2.60. The van der Waals surface area contributed by atoms with Crippen molar-refractivity contribution in [2.24, 2.45) is 5.92 Å². The minimum absolute atomic E-state index is 0.00831. The third-order valence-corrected chi connectivity index (χ3v) is 6.68. The Bertz CT molecular complexity index is 927. The van der Waals surface area contributed by atoms with Crippen molar-refractivity contribution in [2.45, 2.75) is 19.4 Å². The number of anilines is 1. The van der Waals surface area contributed by atoms with Crippen LogP contribution in [-0.4, -0.2) is 58.7 Å². The monoisotopic (exact) mass is 437 g/mol. The third-order valence-electron chi connectivity index (χ3n) is 5.74. The van der Waals surface area contributed by atoms with Crippen LogP contribution < -0.4 is 5.32 Å². The summed E-state index contributed by atoms with van der Waals surface area (Å²) in [6, 6.07) is 17.2. The van der Waals surface area contributed by atoms with Gasteiger partial charge in [-0.3, -0.25) is 14.4 Å². The van der Waals surface area contributed by atoms with E-state index in [4.69, 9.17) is 0 Å². The maximum absolute atomic E-state index is 12.7. The maximum atomic E-state index is 12.7. The number of likely N-dealkylation sites (tertiary alicyclic amines) is 1. The average molecular weight is 438 g/mol. The van der Waals surface area contributed by atoms with Crippen LogP contribution >= 0.6 is 11.8 Å². The van der Waals surface area contributed by atoms with Crippen molar-refractivity contribution < 1.29 is 14.4 Å². The van der Waals surface area contributed by atoms with E-state index in [1.54, 1.807) is 4.90 Å². The fourth-order valence-corrected chi connectivity index (χ4v) is 4.86. The molecule has 0 spiro atoms. The van der Waals surface area contributed by atoms with Crippen molar-refractivity contribution in [2.75, 3.05) is 36.5 Å². The summed E-state index contributed by atoms with van der Waals surface area (Å²) < 4.78 is 0. The Morgan fingerprint density at radius 3 is 2.39 bits per heavy atom. The normalized spacial score (nSPS) is 18.8. The van der Waals surface area contributed by atoms with E-state index in [0.717, 1.165) is 35.7 Å². The molecule has 7 heteroatoms. The molecule has 2 aliphatic heterocycles. The first kappa shape index (κ1) is 21.4. The van der Waals surface area contributed by atoms with Gasteiger partial charge in [0.2, 0.25) is 17.7 Å². The zero-order chi connectivity index (χ0) is 21.6. The van der Waals surface area contributed by atoms with Gasteiger partial charge in [0.1, 0.15) is 0 Å². The van der Waals surface area contributed by atoms with Crippen molar-refractivity contribution in [1.82, 2.24) is 9.80 Å². The van der Waals surface area contributed by atoms with Gasteiger partial charge in [0.05, 0.1) is 12.3 Å². The number of rotatable bonds is 6. The molecule has 2 heterocycles. The fraction of sp³-hybridized carbons (Fsp3) is 0.375. The summed E-state index contributed by atoms with van der Waals surface area (Å²) in [6.07, 6.45) is 0.615. The SMILES string of the molecule is O=C(Nc1ccc(CC(=O)N2CCSCC2)cc1)C1CC(=O)N(Cc2ccccc2)C1. The topological polar surface area (TPSA) is 69.7 Å². The first-order chi connectivity index (χ1) is 15.1. The lowest BCUT2D eigenvalue weighted by Gasteiger charge is -2.26. The minimum Gasteiger partial charge on any atom is -0.341 e. The fourth-order valence-electron chi connectivity index (χ4n) is 3.95. The van der Waals surface area contributed by atoms with Gasteiger partial charge in [-0.1, -0.05) is 42.5 Å². The number of hydrogen-bond acceptors (Lipinski definition) is 4. The molecule has 1 atom stereocenters. The standard InChI is InChI=1S/C24H27N3O3S/c28-22(26-10-12-31-13-11-26)14-18-6-8-21(9-7-18)25-24(30)20-15-23(29)27(17-20)16-19-4-2-1-3-5-19/h1-9,20H,10-17H2,(H,25,30). The van der Waals surface area contributed by atoms with Crippen molar-refractivity contribution in [3.05, 3.63) is 65.7 Å². The predicted molar refractivity (Wildman–Crippen MR) is 123 cm³/mol. The van der Waals surface area contributed by atoms with Crippen LogP contribution in [0, 0.1) is 5.92 Å². The van der Waals surface area contributed by atoms with Gasteiger partial charge in [-0.25, -0.2) is 0 Å². The van der Waals surface area contributed by atoms with Crippen LogP contribution in [0.2, 0.25) is 0 Å². The molecule has 31 heavy (non-hydrogen) atoms. The van der Waals surface area contributed by atoms with Gasteiger partial charge in [0, 0.05) is 49.8 Å². The Hall–Kier alpha value is -2.80. The highest BCUT2D eigenvalue weighted by Crippen LogP contribution is 2.22. The van der Waals surface area contributed by atoms with Crippen LogP contribution in [0.25, 0.3) is 0 Å². The van der Waals surface area contributed by atoms with Gasteiger partial charge in [0.25, 0.3) is 0 Å². The second-order valence-corrected chi connectivity index (χ2v) is 9.24. The lowest BCUT2D eigenvalue weighted by molar-refractivity contribution is -0.130. The van der Waals surface area contributed by atoms with Crippen molar-refractivity contribution >= 4 is 35.2 Å². The summed E-state index contributed by atoms with van der Waals surface area (Å²) in [7, 11) is 0. The third kappa shape index (κ3) is 5.67. The van der Waals surface area contributed by atoms with Crippen LogP contribution in [0.5, 0.6) is 0 Å². The van der Waals surface area contributed by atoms with Crippen molar-refractivity contribution in [3.63, 3.8) is 0 Å². The molecule has 2 aromatic rings. The van der Waals surface area contributed by atoms with Gasteiger partial charge in [-0.05, 0) is 23.3 Å². The van der Waals surface area contributed by atoms with Gasteiger partial charge in [-0.2, -0.15) is 11.8 Å². The van der Waals surface area contributed by atoms with Gasteiger partial charge < -0.3 is 15.1 Å². The molecule has 162 valence electrons. The van der Waals surface area contributed by atoms with E-state index in [1.807, 2.05) is 71.3 Å². The van der Waals surface area contributed by atoms with Gasteiger partial charge >= 0.3 is 0 Å². The summed E-state index contributed by atoms with van der Waals surface area (Å²) in [4.78, 5) is 41.1. The van der Waals surface area contributed by atoms with Crippen LogP contribution in [0.3, 0.4) is 0 Å². The van der Waals surface area contributed by atoms with Crippen LogP contribution in [0.4, 0.5) is 5.69 Å². The zero-order valence-corrected chi connectivity index (χ0v) is 18.3. The quantitative estimate of drug-likeness (QED) is 0.755. The molecule has 1 unspecified atom stereocenters.